The van der Waals surface area contributed by atoms with E-state index in [9.17, 15) is 14.4 Å². The van der Waals surface area contributed by atoms with Crippen LogP contribution in [-0.4, -0.2) is 32.0 Å². The monoisotopic (exact) mass is 329 g/mol. The number of H-pyrrole nitrogens is 1. The second-order valence-electron chi connectivity index (χ2n) is 5.92. The van der Waals surface area contributed by atoms with Crippen molar-refractivity contribution in [3.05, 3.63) is 55.4 Å². The number of rotatable bonds is 4. The first-order chi connectivity index (χ1) is 11.5. The molecule has 2 aromatic heterocycles. The van der Waals surface area contributed by atoms with E-state index in [0.29, 0.717) is 18.8 Å². The van der Waals surface area contributed by atoms with Crippen LogP contribution in [0.5, 0.6) is 0 Å². The molecular formula is C16H19N5O3. The predicted molar refractivity (Wildman–Crippen MR) is 87.1 cm³/mol. The van der Waals surface area contributed by atoms with Gasteiger partial charge in [-0.3, -0.25) is 14.6 Å². The summed E-state index contributed by atoms with van der Waals surface area (Å²) >= 11 is 0. The minimum Gasteiger partial charge on any atom is -0.351 e. The molecule has 0 aromatic carbocycles. The molecule has 0 spiro atoms. The van der Waals surface area contributed by atoms with Gasteiger partial charge in [-0.25, -0.2) is 14.8 Å². The van der Waals surface area contributed by atoms with E-state index in [1.807, 2.05) is 6.92 Å². The number of amides is 1. The summed E-state index contributed by atoms with van der Waals surface area (Å²) in [5, 5.41) is 2.67. The van der Waals surface area contributed by atoms with E-state index < -0.39 is 17.2 Å². The number of aromatic amines is 1. The van der Waals surface area contributed by atoms with Crippen LogP contribution in [0.25, 0.3) is 0 Å². The van der Waals surface area contributed by atoms with Gasteiger partial charge in [-0.05, 0) is 31.7 Å². The lowest BCUT2D eigenvalue weighted by molar-refractivity contribution is 0.0951. The number of carbonyl (C=O) groups is 1. The lowest BCUT2D eigenvalue weighted by Crippen LogP contribution is -2.36. The van der Waals surface area contributed by atoms with Gasteiger partial charge in [0.1, 0.15) is 11.4 Å². The summed E-state index contributed by atoms with van der Waals surface area (Å²) < 4.78 is 1.16. The van der Waals surface area contributed by atoms with Crippen LogP contribution < -0.4 is 16.6 Å². The van der Waals surface area contributed by atoms with Crippen molar-refractivity contribution in [3.63, 3.8) is 0 Å². The standard InChI is InChI=1S/C16H19N5O3/c1-9-10-4-3-5-12(10)19-13(18-9)6-7-17-14(22)11-8-21(2)16(24)20-15(11)23/h8H,3-7H2,1-2H3,(H,17,22)(H,20,23,24). The molecule has 0 fully saturated rings. The molecule has 1 aliphatic rings. The Bertz CT molecular complexity index is 913. The van der Waals surface area contributed by atoms with Gasteiger partial charge >= 0.3 is 5.69 Å². The van der Waals surface area contributed by atoms with Gasteiger partial charge in [0.25, 0.3) is 11.5 Å². The molecule has 0 unspecified atom stereocenters. The Morgan fingerprint density at radius 3 is 2.92 bits per heavy atom. The maximum Gasteiger partial charge on any atom is 0.328 e. The number of aryl methyl sites for hydroxylation is 3. The molecule has 24 heavy (non-hydrogen) atoms. The van der Waals surface area contributed by atoms with E-state index in [0.717, 1.165) is 35.2 Å². The minimum absolute atomic E-state index is 0.0943. The molecule has 8 heteroatoms. The number of hydrogen-bond donors (Lipinski definition) is 2. The highest BCUT2D eigenvalue weighted by molar-refractivity contribution is 5.93. The average Bonchev–Trinajstić information content (AvgIpc) is 3.00. The molecule has 1 amide bonds. The van der Waals surface area contributed by atoms with Crippen molar-refractivity contribution in [1.82, 2.24) is 24.8 Å². The average molecular weight is 329 g/mol. The van der Waals surface area contributed by atoms with Gasteiger partial charge in [0.15, 0.2) is 0 Å². The normalized spacial score (nSPS) is 12.9. The van der Waals surface area contributed by atoms with Gasteiger partial charge in [0, 0.05) is 37.6 Å². The van der Waals surface area contributed by atoms with Crippen LogP contribution in [0.3, 0.4) is 0 Å². The van der Waals surface area contributed by atoms with Gasteiger partial charge in [-0.1, -0.05) is 0 Å². The lowest BCUT2D eigenvalue weighted by Gasteiger charge is -2.08. The summed E-state index contributed by atoms with van der Waals surface area (Å²) in [4.78, 5) is 46.2. The molecule has 2 aromatic rings. The first-order valence-corrected chi connectivity index (χ1v) is 7.89. The first kappa shape index (κ1) is 16.1. The van der Waals surface area contributed by atoms with Gasteiger partial charge in [-0.2, -0.15) is 0 Å². The largest absolute Gasteiger partial charge is 0.351 e. The Hall–Kier alpha value is -2.77. The van der Waals surface area contributed by atoms with Crippen LogP contribution >= 0.6 is 0 Å². The fourth-order valence-corrected chi connectivity index (χ4v) is 2.90. The summed E-state index contributed by atoms with van der Waals surface area (Å²) in [7, 11) is 1.47. The molecular weight excluding hydrogens is 310 g/mol. The first-order valence-electron chi connectivity index (χ1n) is 7.89. The Morgan fingerprint density at radius 1 is 1.33 bits per heavy atom. The fraction of sp³-hybridized carbons (Fsp3) is 0.438. The molecule has 0 aliphatic heterocycles. The van der Waals surface area contributed by atoms with Gasteiger partial charge < -0.3 is 9.88 Å². The maximum absolute atomic E-state index is 12.1. The number of hydrogen-bond acceptors (Lipinski definition) is 5. The van der Waals surface area contributed by atoms with Crippen LogP contribution in [0.4, 0.5) is 0 Å². The summed E-state index contributed by atoms with van der Waals surface area (Å²) in [5.74, 6) is 0.174. The van der Waals surface area contributed by atoms with E-state index in [1.165, 1.54) is 18.8 Å². The summed E-state index contributed by atoms with van der Waals surface area (Å²) in [6, 6.07) is 0. The van der Waals surface area contributed by atoms with E-state index in [4.69, 9.17) is 0 Å². The maximum atomic E-state index is 12.1. The van der Waals surface area contributed by atoms with Crippen LogP contribution in [0.15, 0.2) is 15.8 Å². The van der Waals surface area contributed by atoms with Crippen molar-refractivity contribution in [2.45, 2.75) is 32.6 Å². The molecule has 1 aliphatic carbocycles. The van der Waals surface area contributed by atoms with Crippen molar-refractivity contribution >= 4 is 5.91 Å². The molecule has 0 radical (unpaired) electrons. The third kappa shape index (κ3) is 3.12. The van der Waals surface area contributed by atoms with Gasteiger partial charge in [0.2, 0.25) is 0 Å². The van der Waals surface area contributed by atoms with Crippen LogP contribution in [0.2, 0.25) is 0 Å². The second kappa shape index (κ2) is 6.38. The van der Waals surface area contributed by atoms with Crippen molar-refractivity contribution in [2.24, 2.45) is 7.05 Å². The van der Waals surface area contributed by atoms with Crippen molar-refractivity contribution in [1.29, 1.82) is 0 Å². The Balaban J connectivity index is 1.66. The van der Waals surface area contributed by atoms with Crippen molar-refractivity contribution in [2.75, 3.05) is 6.54 Å². The SMILES string of the molecule is Cc1nc(CCNC(=O)c2cn(C)c(=O)[nH]c2=O)nc2c1CCC2. The highest BCUT2D eigenvalue weighted by atomic mass is 16.2. The lowest BCUT2D eigenvalue weighted by atomic mass is 10.2. The molecule has 3 rings (SSSR count). The molecule has 0 bridgehead atoms. The zero-order valence-electron chi connectivity index (χ0n) is 13.7. The molecule has 8 nitrogen and oxygen atoms in total. The smallest absolute Gasteiger partial charge is 0.328 e. The third-order valence-electron chi connectivity index (χ3n) is 4.17. The number of nitrogens with zero attached hydrogens (tertiary/aromatic N) is 3. The summed E-state index contributed by atoms with van der Waals surface area (Å²) in [6.45, 7) is 2.30. The number of fused-ring (bicyclic) bond motifs is 1. The summed E-state index contributed by atoms with van der Waals surface area (Å²) in [6.07, 6.45) is 4.84. The highest BCUT2D eigenvalue weighted by Crippen LogP contribution is 2.22. The Labute approximate surface area is 138 Å². The van der Waals surface area contributed by atoms with E-state index >= 15 is 0 Å². The molecule has 0 saturated carbocycles. The van der Waals surface area contributed by atoms with E-state index in [1.54, 1.807) is 0 Å². The van der Waals surface area contributed by atoms with Crippen molar-refractivity contribution in [3.8, 4) is 0 Å². The Morgan fingerprint density at radius 2 is 2.12 bits per heavy atom. The van der Waals surface area contributed by atoms with Crippen LogP contribution in [0.1, 0.15) is 39.6 Å². The molecule has 0 atom stereocenters. The number of carbonyl (C=O) groups excluding carboxylic acids is 1. The molecule has 126 valence electrons. The molecule has 2 N–H and O–H groups in total. The zero-order valence-corrected chi connectivity index (χ0v) is 13.7. The van der Waals surface area contributed by atoms with E-state index in [-0.39, 0.29) is 5.56 Å². The van der Waals surface area contributed by atoms with Gasteiger partial charge in [-0.15, -0.1) is 0 Å². The minimum atomic E-state index is -0.694. The quantitative estimate of drug-likeness (QED) is 0.795. The van der Waals surface area contributed by atoms with Gasteiger partial charge in [0.05, 0.1) is 0 Å². The predicted octanol–water partition coefficient (Wildman–Crippen LogP) is -0.367. The number of aromatic nitrogens is 4. The van der Waals surface area contributed by atoms with Crippen LogP contribution in [-0.2, 0) is 26.3 Å². The summed E-state index contributed by atoms with van der Waals surface area (Å²) in [5.41, 5.74) is 2.02. The highest BCUT2D eigenvalue weighted by Gasteiger charge is 2.17. The third-order valence-corrected chi connectivity index (χ3v) is 4.17. The topological polar surface area (TPSA) is 110 Å². The van der Waals surface area contributed by atoms with E-state index in [2.05, 4.69) is 20.3 Å². The zero-order chi connectivity index (χ0) is 17.3. The van der Waals surface area contributed by atoms with Crippen LogP contribution in [0, 0.1) is 6.92 Å². The second-order valence-corrected chi connectivity index (χ2v) is 5.92. The molecule has 2 heterocycles. The molecule has 0 saturated heterocycles. The number of nitrogens with one attached hydrogen (secondary N) is 2. The van der Waals surface area contributed by atoms with Crippen molar-refractivity contribution < 1.29 is 4.79 Å². The fourth-order valence-electron chi connectivity index (χ4n) is 2.90. The Kier molecular flexibility index (Phi) is 4.28.